The number of nitriles is 1. The Kier molecular flexibility index (Phi) is 8.24. The van der Waals surface area contributed by atoms with Crippen molar-refractivity contribution in [2.75, 3.05) is 64.8 Å². The van der Waals surface area contributed by atoms with E-state index in [1.165, 1.54) is 6.07 Å². The van der Waals surface area contributed by atoms with Crippen LogP contribution >= 0.6 is 22.9 Å². The number of fused-ring (bicyclic) bond motifs is 3. The van der Waals surface area contributed by atoms with Crippen LogP contribution in [0.4, 0.5) is 13.8 Å². The molecular weight excluding hydrogens is 600 g/mol. The van der Waals surface area contributed by atoms with Crippen molar-refractivity contribution < 1.29 is 27.8 Å². The number of nitrogen functional groups attached to an aromatic ring is 1. The van der Waals surface area contributed by atoms with E-state index in [0.717, 1.165) is 36.6 Å². The predicted octanol–water partition coefficient (Wildman–Crippen LogP) is 4.28. The van der Waals surface area contributed by atoms with Crippen molar-refractivity contribution in [3.05, 3.63) is 58.1 Å². The molecule has 224 valence electrons. The van der Waals surface area contributed by atoms with Crippen LogP contribution in [-0.2, 0) is 9.53 Å². The molecule has 0 aliphatic carbocycles. The summed E-state index contributed by atoms with van der Waals surface area (Å²) in [6, 6.07) is 5.23. The molecule has 3 aliphatic heterocycles. The summed E-state index contributed by atoms with van der Waals surface area (Å²) in [5.74, 6) is -1.98. The number of morpholine rings is 1. The van der Waals surface area contributed by atoms with E-state index in [1.807, 2.05) is 12.1 Å². The maximum Gasteiger partial charge on any atom is 0.258 e. The number of carbonyl (C=O) groups is 2. The van der Waals surface area contributed by atoms with Gasteiger partial charge in [-0.25, -0.2) is 8.78 Å². The van der Waals surface area contributed by atoms with E-state index in [2.05, 4.69) is 4.90 Å². The van der Waals surface area contributed by atoms with Gasteiger partial charge in [0, 0.05) is 62.7 Å². The minimum absolute atomic E-state index is 0.0188. The maximum absolute atomic E-state index is 15.9. The molecule has 0 bridgehead atoms. The zero-order chi connectivity index (χ0) is 30.2. The summed E-state index contributed by atoms with van der Waals surface area (Å²) in [6.07, 6.45) is 3.85. The van der Waals surface area contributed by atoms with Gasteiger partial charge < -0.3 is 25.0 Å². The smallest absolute Gasteiger partial charge is 0.258 e. The lowest BCUT2D eigenvalue weighted by Crippen LogP contribution is -2.57. The topological polar surface area (TPSA) is 112 Å². The molecule has 43 heavy (non-hydrogen) atoms. The molecule has 0 radical (unpaired) electrons. The normalized spacial score (nSPS) is 19.5. The number of carbonyl (C=O) groups excluding carboxylic acids is 2. The molecule has 13 heteroatoms. The van der Waals surface area contributed by atoms with E-state index in [-0.39, 0.29) is 73.2 Å². The maximum atomic E-state index is 15.9. The van der Waals surface area contributed by atoms with Gasteiger partial charge in [-0.15, -0.1) is 11.3 Å². The summed E-state index contributed by atoms with van der Waals surface area (Å²) in [4.78, 5) is 32.2. The first-order valence-corrected chi connectivity index (χ1v) is 15.1. The van der Waals surface area contributed by atoms with Gasteiger partial charge in [0.2, 0.25) is 5.91 Å². The third kappa shape index (κ3) is 5.42. The average molecular weight is 628 g/mol. The summed E-state index contributed by atoms with van der Waals surface area (Å²) >= 11 is 7.63. The number of thiophene rings is 1. The lowest BCUT2D eigenvalue weighted by Gasteiger charge is -2.42. The van der Waals surface area contributed by atoms with E-state index in [0.29, 0.717) is 39.3 Å². The summed E-state index contributed by atoms with van der Waals surface area (Å²) in [6.45, 7) is 4.77. The highest BCUT2D eigenvalue weighted by molar-refractivity contribution is 7.23. The highest BCUT2D eigenvalue weighted by Crippen LogP contribution is 2.47. The lowest BCUT2D eigenvalue weighted by molar-refractivity contribution is -0.128. The highest BCUT2D eigenvalue weighted by atomic mass is 35.5. The van der Waals surface area contributed by atoms with Crippen molar-refractivity contribution in [3.8, 4) is 22.9 Å². The van der Waals surface area contributed by atoms with E-state index < -0.39 is 17.5 Å². The van der Waals surface area contributed by atoms with E-state index in [4.69, 9.17) is 26.8 Å². The number of benzene rings is 2. The number of amides is 2. The van der Waals surface area contributed by atoms with Crippen LogP contribution in [0.25, 0.3) is 21.2 Å². The third-order valence-electron chi connectivity index (χ3n) is 8.08. The Morgan fingerprint density at radius 3 is 2.72 bits per heavy atom. The Balaban J connectivity index is 1.26. The molecule has 2 N–H and O–H groups in total. The molecule has 2 aromatic carbocycles. The van der Waals surface area contributed by atoms with Gasteiger partial charge in [-0.3, -0.25) is 14.5 Å². The zero-order valence-corrected chi connectivity index (χ0v) is 24.6. The number of hydrogen-bond donors (Lipinski definition) is 1. The van der Waals surface area contributed by atoms with Gasteiger partial charge in [0.1, 0.15) is 22.7 Å². The Morgan fingerprint density at radius 1 is 1.16 bits per heavy atom. The number of piperazine rings is 1. The van der Waals surface area contributed by atoms with Crippen molar-refractivity contribution >= 4 is 49.8 Å². The van der Waals surface area contributed by atoms with E-state index in [9.17, 15) is 19.2 Å². The molecule has 9 nitrogen and oxygen atoms in total. The van der Waals surface area contributed by atoms with Crippen molar-refractivity contribution in [3.63, 3.8) is 0 Å². The predicted molar refractivity (Wildman–Crippen MR) is 159 cm³/mol. The van der Waals surface area contributed by atoms with E-state index >= 15 is 4.39 Å². The van der Waals surface area contributed by atoms with Crippen LogP contribution in [0.5, 0.6) is 5.75 Å². The Morgan fingerprint density at radius 2 is 1.95 bits per heavy atom. The number of hydrogen-bond acceptors (Lipinski definition) is 8. The van der Waals surface area contributed by atoms with Gasteiger partial charge >= 0.3 is 0 Å². The molecule has 2 saturated heterocycles. The molecule has 0 spiro atoms. The Bertz CT molecular complexity index is 1680. The van der Waals surface area contributed by atoms with Gasteiger partial charge in [0.05, 0.1) is 46.7 Å². The fraction of sp³-hybridized carbons (Fsp3) is 0.367. The van der Waals surface area contributed by atoms with Gasteiger partial charge in [0.25, 0.3) is 5.91 Å². The van der Waals surface area contributed by atoms with Crippen molar-refractivity contribution in [1.29, 1.82) is 5.26 Å². The molecular formula is C30H28ClF2N5O4S. The van der Waals surface area contributed by atoms with Crippen LogP contribution in [0.1, 0.15) is 22.3 Å². The Labute approximate surface area is 255 Å². The quantitative estimate of drug-likeness (QED) is 0.430. The highest BCUT2D eigenvalue weighted by Gasteiger charge is 2.37. The van der Waals surface area contributed by atoms with Crippen molar-refractivity contribution in [2.24, 2.45) is 0 Å². The number of halogens is 3. The number of ether oxygens (including phenoxy) is 2. The monoisotopic (exact) mass is 627 g/mol. The van der Waals surface area contributed by atoms with Gasteiger partial charge in [-0.1, -0.05) is 23.7 Å². The van der Waals surface area contributed by atoms with Gasteiger partial charge in [0.15, 0.2) is 5.75 Å². The number of nitrogens with two attached hydrogens (primary N) is 1. The molecule has 2 fully saturated rings. The zero-order valence-electron chi connectivity index (χ0n) is 23.1. The fourth-order valence-electron chi connectivity index (χ4n) is 5.87. The minimum atomic E-state index is -0.821. The van der Waals surface area contributed by atoms with Crippen LogP contribution in [0.2, 0.25) is 5.02 Å². The van der Waals surface area contributed by atoms with Crippen LogP contribution in [-0.4, -0.2) is 91.6 Å². The summed E-state index contributed by atoms with van der Waals surface area (Å²) in [7, 11) is 0. The van der Waals surface area contributed by atoms with Crippen LogP contribution in [0.15, 0.2) is 30.4 Å². The van der Waals surface area contributed by atoms with Crippen molar-refractivity contribution in [2.45, 2.75) is 12.5 Å². The fourth-order valence-corrected chi connectivity index (χ4v) is 7.17. The molecule has 1 atom stereocenters. The first-order chi connectivity index (χ1) is 20.8. The second-order valence-corrected chi connectivity index (χ2v) is 12.0. The third-order valence-corrected chi connectivity index (χ3v) is 9.47. The standard InChI is InChI=1S/C30H28ClF2N5O4S/c31-26-25(18-3-4-21(32)28-24(18)20(15-34)29(35)43-28)22(33)14-19-27(26)42-11-5-17-16-37(7-8-38(17)30(19)40)23(39)2-1-6-36-9-12-41-13-10-36/h1-4,14,17H,5-13,16,35H2/b2-1+. The van der Waals surface area contributed by atoms with Gasteiger partial charge in [-0.2, -0.15) is 5.26 Å². The molecule has 4 heterocycles. The lowest BCUT2D eigenvalue weighted by atomic mass is 9.95. The Hall–Kier alpha value is -3.76. The molecule has 3 aliphatic rings. The molecule has 3 aromatic rings. The van der Waals surface area contributed by atoms with Crippen LogP contribution in [0, 0.1) is 23.0 Å². The molecule has 0 saturated carbocycles. The second-order valence-electron chi connectivity index (χ2n) is 10.6. The largest absolute Gasteiger partial charge is 0.491 e. The molecule has 2 amide bonds. The number of nitrogens with zero attached hydrogens (tertiary/aromatic N) is 4. The average Bonchev–Trinajstić information content (AvgIpc) is 3.35. The number of anilines is 1. The van der Waals surface area contributed by atoms with Crippen LogP contribution < -0.4 is 10.5 Å². The minimum Gasteiger partial charge on any atom is -0.491 e. The SMILES string of the molecule is N#Cc1c(N)sc2c(F)ccc(-c3c(F)cc4c(c3Cl)OCCC3CN(C(=O)/C=C/CN5CCOCC5)CCN3C4=O)c12. The first kappa shape index (κ1) is 29.3. The van der Waals surface area contributed by atoms with E-state index in [1.54, 1.807) is 15.9 Å². The van der Waals surface area contributed by atoms with Crippen molar-refractivity contribution in [1.82, 2.24) is 14.7 Å². The second kappa shape index (κ2) is 12.1. The molecule has 6 rings (SSSR count). The molecule has 1 aromatic heterocycles. The number of rotatable bonds is 4. The summed E-state index contributed by atoms with van der Waals surface area (Å²) < 4.78 is 41.9. The van der Waals surface area contributed by atoms with Gasteiger partial charge in [-0.05, 0) is 17.7 Å². The summed E-state index contributed by atoms with van der Waals surface area (Å²) in [5.41, 5.74) is 6.02. The van der Waals surface area contributed by atoms with Crippen LogP contribution in [0.3, 0.4) is 0 Å². The first-order valence-electron chi connectivity index (χ1n) is 13.9. The molecule has 1 unspecified atom stereocenters. The summed E-state index contributed by atoms with van der Waals surface area (Å²) in [5, 5.41) is 9.79.